The molecule has 3 rings (SSSR count). The van der Waals surface area contributed by atoms with Gasteiger partial charge in [-0.1, -0.05) is 31.9 Å². The van der Waals surface area contributed by atoms with Crippen LogP contribution in [0.2, 0.25) is 0 Å². The lowest BCUT2D eigenvalue weighted by Gasteiger charge is -2.14. The maximum absolute atomic E-state index is 12.6. The van der Waals surface area contributed by atoms with E-state index in [1.807, 2.05) is 0 Å². The van der Waals surface area contributed by atoms with E-state index in [9.17, 15) is 14.4 Å². The lowest BCUT2D eigenvalue weighted by Crippen LogP contribution is -2.35. The van der Waals surface area contributed by atoms with E-state index in [1.165, 1.54) is 39.7 Å². The standard InChI is InChI=1S/C26H23Br2N3O7/c1-35-21-11-16(12-22(36-2)24(21)37-3)25(33)29-14-23(32)31-30-13-17-10-19(28)8-9-20(17)38-26(34)15-4-6-18(27)7-5-15/h4-13H,14H2,1-3H3,(H,29,33)(H,31,32)/b30-13+. The van der Waals surface area contributed by atoms with Crippen LogP contribution in [0.4, 0.5) is 0 Å². The Hall–Kier alpha value is -3.90. The van der Waals surface area contributed by atoms with E-state index in [0.29, 0.717) is 32.8 Å². The second-order valence-electron chi connectivity index (χ2n) is 7.47. The van der Waals surface area contributed by atoms with Crippen LogP contribution in [0.5, 0.6) is 23.0 Å². The first-order chi connectivity index (χ1) is 18.2. The highest BCUT2D eigenvalue weighted by Gasteiger charge is 2.17. The monoisotopic (exact) mass is 647 g/mol. The van der Waals surface area contributed by atoms with E-state index in [0.717, 1.165) is 4.47 Å². The zero-order chi connectivity index (χ0) is 27.7. The number of hydrazone groups is 1. The van der Waals surface area contributed by atoms with Crippen LogP contribution in [0.1, 0.15) is 26.3 Å². The maximum Gasteiger partial charge on any atom is 0.343 e. The van der Waals surface area contributed by atoms with Crippen LogP contribution in [-0.4, -0.2) is 51.9 Å². The minimum atomic E-state index is -0.578. The van der Waals surface area contributed by atoms with E-state index in [1.54, 1.807) is 42.5 Å². The van der Waals surface area contributed by atoms with Crippen molar-refractivity contribution in [1.29, 1.82) is 0 Å². The molecule has 38 heavy (non-hydrogen) atoms. The number of carbonyl (C=O) groups is 3. The molecule has 2 N–H and O–H groups in total. The van der Waals surface area contributed by atoms with Crippen molar-refractivity contribution in [2.24, 2.45) is 5.10 Å². The molecule has 0 bridgehead atoms. The molecule has 0 aliphatic carbocycles. The molecule has 0 heterocycles. The second-order valence-corrected chi connectivity index (χ2v) is 9.30. The fraction of sp³-hybridized carbons (Fsp3) is 0.154. The number of hydrogen-bond acceptors (Lipinski definition) is 8. The number of methoxy groups -OCH3 is 3. The number of esters is 1. The molecule has 0 unspecified atom stereocenters. The summed E-state index contributed by atoms with van der Waals surface area (Å²) in [5, 5.41) is 6.41. The average Bonchev–Trinajstić information content (AvgIpc) is 2.92. The summed E-state index contributed by atoms with van der Waals surface area (Å²) < 4.78 is 22.8. The third kappa shape index (κ3) is 7.56. The summed E-state index contributed by atoms with van der Waals surface area (Å²) in [6.45, 7) is -0.350. The van der Waals surface area contributed by atoms with Gasteiger partial charge in [0.25, 0.3) is 11.8 Å². The van der Waals surface area contributed by atoms with E-state index in [-0.39, 0.29) is 17.9 Å². The topological polar surface area (TPSA) is 125 Å². The zero-order valence-corrected chi connectivity index (χ0v) is 23.7. The van der Waals surface area contributed by atoms with Gasteiger partial charge in [-0.3, -0.25) is 9.59 Å². The fourth-order valence-corrected chi connectivity index (χ4v) is 3.79. The van der Waals surface area contributed by atoms with E-state index < -0.39 is 17.8 Å². The number of benzene rings is 3. The maximum atomic E-state index is 12.6. The highest BCUT2D eigenvalue weighted by Crippen LogP contribution is 2.38. The minimum absolute atomic E-state index is 0.210. The molecule has 0 saturated carbocycles. The SMILES string of the molecule is COc1cc(C(=O)NCC(=O)N/N=C/c2cc(Br)ccc2OC(=O)c2ccc(Br)cc2)cc(OC)c1OC. The van der Waals surface area contributed by atoms with Gasteiger partial charge in [-0.2, -0.15) is 5.10 Å². The summed E-state index contributed by atoms with van der Waals surface area (Å²) in [7, 11) is 4.32. The predicted octanol–water partition coefficient (Wildman–Crippen LogP) is 4.34. The molecule has 12 heteroatoms. The van der Waals surface area contributed by atoms with Gasteiger partial charge in [0.15, 0.2) is 11.5 Å². The number of ether oxygens (including phenoxy) is 4. The predicted molar refractivity (Wildman–Crippen MR) is 147 cm³/mol. The molecule has 198 valence electrons. The third-order valence-electron chi connectivity index (χ3n) is 4.98. The van der Waals surface area contributed by atoms with Gasteiger partial charge in [0, 0.05) is 20.1 Å². The molecule has 0 radical (unpaired) electrons. The molecule has 2 amide bonds. The number of nitrogens with one attached hydrogen (secondary N) is 2. The number of rotatable bonds is 10. The molecular weight excluding hydrogens is 626 g/mol. The Morgan fingerprint density at radius 2 is 1.45 bits per heavy atom. The zero-order valence-electron chi connectivity index (χ0n) is 20.5. The average molecular weight is 649 g/mol. The van der Waals surface area contributed by atoms with Crippen molar-refractivity contribution in [3.8, 4) is 23.0 Å². The van der Waals surface area contributed by atoms with Gasteiger partial charge in [-0.25, -0.2) is 10.2 Å². The Morgan fingerprint density at radius 1 is 0.816 bits per heavy atom. The largest absolute Gasteiger partial charge is 0.493 e. The Morgan fingerprint density at radius 3 is 2.05 bits per heavy atom. The molecule has 0 atom stereocenters. The van der Waals surface area contributed by atoms with Crippen LogP contribution in [0.25, 0.3) is 0 Å². The van der Waals surface area contributed by atoms with Crippen molar-refractivity contribution in [3.05, 3.63) is 80.2 Å². The van der Waals surface area contributed by atoms with E-state index >= 15 is 0 Å². The number of halogens is 2. The first-order valence-corrected chi connectivity index (χ1v) is 12.5. The Bertz CT molecular complexity index is 1340. The summed E-state index contributed by atoms with van der Waals surface area (Å²) in [6.07, 6.45) is 1.33. The van der Waals surface area contributed by atoms with Gasteiger partial charge >= 0.3 is 5.97 Å². The molecule has 0 fully saturated rings. The van der Waals surface area contributed by atoms with E-state index in [4.69, 9.17) is 18.9 Å². The van der Waals surface area contributed by atoms with Crippen LogP contribution in [0, 0.1) is 0 Å². The summed E-state index contributed by atoms with van der Waals surface area (Å²) in [6, 6.07) is 14.6. The Balaban J connectivity index is 1.61. The van der Waals surface area contributed by atoms with Crippen LogP contribution >= 0.6 is 31.9 Å². The highest BCUT2D eigenvalue weighted by atomic mass is 79.9. The smallest absolute Gasteiger partial charge is 0.343 e. The quantitative estimate of drug-likeness (QED) is 0.145. The van der Waals surface area contributed by atoms with Gasteiger partial charge in [-0.05, 0) is 54.6 Å². The van der Waals surface area contributed by atoms with Crippen molar-refractivity contribution < 1.29 is 33.3 Å². The van der Waals surface area contributed by atoms with Crippen molar-refractivity contribution in [2.45, 2.75) is 0 Å². The van der Waals surface area contributed by atoms with Crippen molar-refractivity contribution >= 4 is 55.9 Å². The van der Waals surface area contributed by atoms with Crippen LogP contribution in [0.15, 0.2) is 68.6 Å². The number of amides is 2. The van der Waals surface area contributed by atoms with Gasteiger partial charge in [-0.15, -0.1) is 0 Å². The third-order valence-corrected chi connectivity index (χ3v) is 6.01. The normalized spacial score (nSPS) is 10.6. The lowest BCUT2D eigenvalue weighted by molar-refractivity contribution is -0.120. The van der Waals surface area contributed by atoms with Gasteiger partial charge in [0.2, 0.25) is 5.75 Å². The fourth-order valence-electron chi connectivity index (χ4n) is 3.15. The van der Waals surface area contributed by atoms with Crippen LogP contribution in [0.3, 0.4) is 0 Å². The Kier molecular flexibility index (Phi) is 10.3. The van der Waals surface area contributed by atoms with Gasteiger partial charge in [0.05, 0.1) is 39.7 Å². The van der Waals surface area contributed by atoms with Crippen molar-refractivity contribution in [1.82, 2.24) is 10.7 Å². The Labute approximate surface area is 235 Å². The molecule has 0 aliphatic heterocycles. The van der Waals surface area contributed by atoms with Crippen LogP contribution < -0.4 is 29.7 Å². The molecule has 0 spiro atoms. The van der Waals surface area contributed by atoms with Crippen LogP contribution in [-0.2, 0) is 4.79 Å². The first kappa shape index (κ1) is 28.7. The first-order valence-electron chi connectivity index (χ1n) is 10.9. The second kappa shape index (κ2) is 13.6. The van der Waals surface area contributed by atoms with Crippen molar-refractivity contribution in [2.75, 3.05) is 27.9 Å². The van der Waals surface area contributed by atoms with E-state index in [2.05, 4.69) is 47.7 Å². The lowest BCUT2D eigenvalue weighted by atomic mass is 10.1. The molecule has 3 aromatic carbocycles. The molecule has 3 aromatic rings. The summed E-state index contributed by atoms with van der Waals surface area (Å²) in [4.78, 5) is 37.3. The molecular formula is C26H23Br2N3O7. The molecule has 0 aliphatic rings. The molecule has 0 saturated heterocycles. The molecule has 0 aromatic heterocycles. The molecule has 10 nitrogen and oxygen atoms in total. The minimum Gasteiger partial charge on any atom is -0.493 e. The van der Waals surface area contributed by atoms with Crippen molar-refractivity contribution in [3.63, 3.8) is 0 Å². The van der Waals surface area contributed by atoms with Gasteiger partial charge < -0.3 is 24.3 Å². The van der Waals surface area contributed by atoms with Gasteiger partial charge in [0.1, 0.15) is 5.75 Å². The number of nitrogens with zero attached hydrogens (tertiary/aromatic N) is 1. The highest BCUT2D eigenvalue weighted by molar-refractivity contribution is 9.10. The number of carbonyl (C=O) groups excluding carboxylic acids is 3. The number of hydrogen-bond donors (Lipinski definition) is 2. The summed E-state index contributed by atoms with van der Waals surface area (Å²) >= 11 is 6.68. The summed E-state index contributed by atoms with van der Waals surface area (Å²) in [5.74, 6) is -0.465. The summed E-state index contributed by atoms with van der Waals surface area (Å²) in [5.41, 5.74) is 3.34.